The minimum Gasteiger partial charge on any atom is -0.323 e. The second kappa shape index (κ2) is 7.18. The molecule has 1 saturated carbocycles. The summed E-state index contributed by atoms with van der Waals surface area (Å²) in [4.78, 5) is 43.2. The molecule has 1 aliphatic carbocycles. The molecule has 9 heteroatoms. The van der Waals surface area contributed by atoms with E-state index in [9.17, 15) is 14.4 Å². The van der Waals surface area contributed by atoms with Crippen LogP contribution in [0.15, 0.2) is 30.5 Å². The van der Waals surface area contributed by atoms with Crippen molar-refractivity contribution in [2.24, 2.45) is 5.92 Å². The monoisotopic (exact) mass is 418 g/mol. The van der Waals surface area contributed by atoms with Crippen LogP contribution in [-0.4, -0.2) is 39.8 Å². The number of carbonyl (C=O) groups excluding carboxylic acids is 3. The fourth-order valence-electron chi connectivity index (χ4n) is 3.35. The number of halogens is 1. The molecule has 0 unspecified atom stereocenters. The van der Waals surface area contributed by atoms with Gasteiger partial charge in [0.2, 0.25) is 5.91 Å². The van der Waals surface area contributed by atoms with E-state index in [2.05, 4.69) is 15.6 Å². The first-order valence-electron chi connectivity index (χ1n) is 8.98. The second-order valence-corrected chi connectivity index (χ2v) is 8.83. The van der Waals surface area contributed by atoms with Gasteiger partial charge in [0.25, 0.3) is 5.91 Å². The van der Waals surface area contributed by atoms with Gasteiger partial charge in [0, 0.05) is 22.5 Å². The number of aromatic nitrogens is 1. The minimum absolute atomic E-state index is 0.159. The largest absolute Gasteiger partial charge is 0.325 e. The molecule has 1 aromatic carbocycles. The predicted octanol–water partition coefficient (Wildman–Crippen LogP) is 3.05. The molecule has 2 N–H and O–H groups in total. The Bertz CT molecular complexity index is 941. The highest BCUT2D eigenvalue weighted by atomic mass is 35.5. The van der Waals surface area contributed by atoms with E-state index < -0.39 is 17.5 Å². The average Bonchev–Trinajstić information content (AvgIpc) is 3.39. The molecule has 7 nitrogen and oxygen atoms in total. The van der Waals surface area contributed by atoms with Crippen molar-refractivity contribution < 1.29 is 14.4 Å². The van der Waals surface area contributed by atoms with Crippen LogP contribution < -0.4 is 10.6 Å². The summed E-state index contributed by atoms with van der Waals surface area (Å²) in [6, 6.07) is 7.02. The summed E-state index contributed by atoms with van der Waals surface area (Å²) in [6.07, 6.45) is 4.21. The van der Waals surface area contributed by atoms with Crippen LogP contribution in [-0.2, 0) is 16.0 Å². The number of amides is 4. The number of nitrogens with one attached hydrogen (secondary N) is 2. The number of urea groups is 1. The number of imide groups is 1. The van der Waals surface area contributed by atoms with Gasteiger partial charge >= 0.3 is 6.03 Å². The lowest BCUT2D eigenvalue weighted by atomic mass is 9.96. The van der Waals surface area contributed by atoms with Gasteiger partial charge in [-0.1, -0.05) is 23.7 Å². The number of hydrogen-bond donors (Lipinski definition) is 2. The zero-order valence-electron chi connectivity index (χ0n) is 15.2. The molecule has 1 atom stereocenters. The fraction of sp³-hybridized carbons (Fsp3) is 0.368. The number of carbonyl (C=O) groups is 3. The first-order chi connectivity index (χ1) is 13.3. The lowest BCUT2D eigenvalue weighted by Gasteiger charge is -2.20. The van der Waals surface area contributed by atoms with Crippen molar-refractivity contribution in [3.05, 3.63) is 45.9 Å². The van der Waals surface area contributed by atoms with Gasteiger partial charge in [0.1, 0.15) is 12.1 Å². The van der Waals surface area contributed by atoms with E-state index >= 15 is 0 Å². The standard InChI is InChI=1S/C19H19ClN4O3S/c1-19(12-4-5-12)16(26)24(18(27)23-19)10-15(25)22-17-21-9-14(28-17)8-11-2-6-13(20)7-3-11/h2-3,6-7,9,12H,4-5,8,10H2,1H3,(H,23,27)(H,21,22,25)/t19-/m1/s1. The molecule has 146 valence electrons. The van der Waals surface area contributed by atoms with E-state index in [0.29, 0.717) is 16.6 Å². The third-order valence-electron chi connectivity index (χ3n) is 5.09. The van der Waals surface area contributed by atoms with Gasteiger partial charge in [-0.2, -0.15) is 0 Å². The van der Waals surface area contributed by atoms with Crippen LogP contribution in [0.3, 0.4) is 0 Å². The van der Waals surface area contributed by atoms with Crippen molar-refractivity contribution in [3.8, 4) is 0 Å². The molecule has 1 saturated heterocycles. The lowest BCUT2D eigenvalue weighted by Crippen LogP contribution is -2.46. The molecular weight excluding hydrogens is 400 g/mol. The van der Waals surface area contributed by atoms with Gasteiger partial charge in [-0.05, 0) is 43.4 Å². The van der Waals surface area contributed by atoms with E-state index in [4.69, 9.17) is 11.6 Å². The first-order valence-corrected chi connectivity index (χ1v) is 10.2. The summed E-state index contributed by atoms with van der Waals surface area (Å²) in [5.74, 6) is -0.625. The summed E-state index contributed by atoms with van der Waals surface area (Å²) in [5, 5.41) is 6.52. The Balaban J connectivity index is 1.35. The Morgan fingerprint density at radius 1 is 1.36 bits per heavy atom. The third kappa shape index (κ3) is 3.74. The Kier molecular flexibility index (Phi) is 4.84. The maximum absolute atomic E-state index is 12.6. The molecular formula is C19H19ClN4O3S. The Morgan fingerprint density at radius 3 is 2.75 bits per heavy atom. The van der Waals surface area contributed by atoms with Crippen LogP contribution >= 0.6 is 22.9 Å². The Labute approximate surface area is 171 Å². The van der Waals surface area contributed by atoms with E-state index in [-0.39, 0.29) is 18.4 Å². The summed E-state index contributed by atoms with van der Waals surface area (Å²) in [7, 11) is 0. The van der Waals surface area contributed by atoms with Gasteiger partial charge in [0.15, 0.2) is 5.13 Å². The van der Waals surface area contributed by atoms with Gasteiger partial charge in [0.05, 0.1) is 0 Å². The summed E-state index contributed by atoms with van der Waals surface area (Å²) >= 11 is 7.25. The number of nitrogens with zero attached hydrogens (tertiary/aromatic N) is 2. The van der Waals surface area contributed by atoms with Crippen molar-refractivity contribution in [2.75, 3.05) is 11.9 Å². The van der Waals surface area contributed by atoms with Crippen molar-refractivity contribution in [2.45, 2.75) is 31.7 Å². The molecule has 28 heavy (non-hydrogen) atoms. The smallest absolute Gasteiger partial charge is 0.323 e. The highest BCUT2D eigenvalue weighted by Crippen LogP contribution is 2.42. The highest BCUT2D eigenvalue weighted by Gasteiger charge is 2.56. The van der Waals surface area contributed by atoms with Gasteiger partial charge < -0.3 is 10.6 Å². The third-order valence-corrected chi connectivity index (χ3v) is 6.25. The average molecular weight is 419 g/mol. The molecule has 0 spiro atoms. The molecule has 0 bridgehead atoms. The maximum Gasteiger partial charge on any atom is 0.325 e. The fourth-order valence-corrected chi connectivity index (χ4v) is 4.34. The Morgan fingerprint density at radius 2 is 2.07 bits per heavy atom. The number of rotatable bonds is 6. The molecule has 1 aliphatic heterocycles. The normalized spacial score (nSPS) is 21.7. The summed E-state index contributed by atoms with van der Waals surface area (Å²) in [5.41, 5.74) is 0.203. The van der Waals surface area contributed by atoms with Crippen molar-refractivity contribution in [1.29, 1.82) is 0 Å². The molecule has 4 amide bonds. The summed E-state index contributed by atoms with van der Waals surface area (Å²) in [6.45, 7) is 1.41. The number of anilines is 1. The molecule has 0 radical (unpaired) electrons. The van der Waals surface area contributed by atoms with Crippen LogP contribution in [0.25, 0.3) is 0 Å². The summed E-state index contributed by atoms with van der Waals surface area (Å²) < 4.78 is 0. The zero-order chi connectivity index (χ0) is 19.9. The molecule has 1 aromatic heterocycles. The lowest BCUT2D eigenvalue weighted by molar-refractivity contribution is -0.134. The van der Waals surface area contributed by atoms with Gasteiger partial charge in [-0.3, -0.25) is 14.5 Å². The van der Waals surface area contributed by atoms with Crippen molar-refractivity contribution >= 4 is 45.9 Å². The molecule has 2 aliphatic rings. The van der Waals surface area contributed by atoms with Crippen LogP contribution in [0.1, 0.15) is 30.2 Å². The van der Waals surface area contributed by atoms with E-state index in [1.807, 2.05) is 24.3 Å². The van der Waals surface area contributed by atoms with Crippen molar-refractivity contribution in [3.63, 3.8) is 0 Å². The molecule has 4 rings (SSSR count). The number of thiazole rings is 1. The first kappa shape index (κ1) is 18.9. The topological polar surface area (TPSA) is 91.4 Å². The van der Waals surface area contributed by atoms with E-state index in [1.54, 1.807) is 13.1 Å². The van der Waals surface area contributed by atoms with Crippen LogP contribution in [0, 0.1) is 5.92 Å². The van der Waals surface area contributed by atoms with E-state index in [0.717, 1.165) is 28.2 Å². The van der Waals surface area contributed by atoms with Crippen LogP contribution in [0.5, 0.6) is 0 Å². The van der Waals surface area contributed by atoms with Gasteiger partial charge in [-0.15, -0.1) is 11.3 Å². The maximum atomic E-state index is 12.6. The highest BCUT2D eigenvalue weighted by molar-refractivity contribution is 7.15. The predicted molar refractivity (Wildman–Crippen MR) is 106 cm³/mol. The number of benzene rings is 1. The second-order valence-electron chi connectivity index (χ2n) is 7.28. The zero-order valence-corrected chi connectivity index (χ0v) is 16.8. The molecule has 2 aromatic rings. The molecule has 2 fully saturated rings. The van der Waals surface area contributed by atoms with E-state index in [1.165, 1.54) is 11.3 Å². The van der Waals surface area contributed by atoms with Crippen molar-refractivity contribution in [1.82, 2.24) is 15.2 Å². The molecule has 2 heterocycles. The number of hydrogen-bond acceptors (Lipinski definition) is 5. The Hall–Kier alpha value is -2.45. The minimum atomic E-state index is -0.885. The van der Waals surface area contributed by atoms with Crippen LogP contribution in [0.4, 0.5) is 9.93 Å². The van der Waals surface area contributed by atoms with Crippen LogP contribution in [0.2, 0.25) is 5.02 Å². The van der Waals surface area contributed by atoms with Gasteiger partial charge in [-0.25, -0.2) is 9.78 Å². The SMILES string of the molecule is C[C@]1(C2CC2)NC(=O)N(CC(=O)Nc2ncc(Cc3ccc(Cl)cc3)s2)C1=O. The quantitative estimate of drug-likeness (QED) is 0.705.